The van der Waals surface area contributed by atoms with Crippen molar-refractivity contribution in [1.82, 2.24) is 20.9 Å². The molecule has 9 heteroatoms. The highest BCUT2D eigenvalue weighted by atomic mass is 32.2. The second kappa shape index (κ2) is 13.5. The summed E-state index contributed by atoms with van der Waals surface area (Å²) in [5.41, 5.74) is 2.42. The molecule has 2 aromatic carbocycles. The summed E-state index contributed by atoms with van der Waals surface area (Å²) in [6.07, 6.45) is -0.574. The van der Waals surface area contributed by atoms with E-state index in [1.54, 1.807) is 0 Å². The first-order valence-electron chi connectivity index (χ1n) is 14.6. The van der Waals surface area contributed by atoms with Crippen LogP contribution in [0, 0.1) is 12.3 Å². The minimum absolute atomic E-state index is 0.00921. The van der Waals surface area contributed by atoms with E-state index in [0.717, 1.165) is 23.1 Å². The fraction of sp³-hybridized carbons (Fsp3) is 0.545. The maximum Gasteiger partial charge on any atom is 0.315 e. The smallest absolute Gasteiger partial charge is 0.315 e. The van der Waals surface area contributed by atoms with Gasteiger partial charge in [0, 0.05) is 16.8 Å². The summed E-state index contributed by atoms with van der Waals surface area (Å²) in [5, 5.41) is 20.4. The standard InChI is InChI=1S/C33H48N4O4S/c1-22-14-12-13-17-24(22)19-34-28(39)27-33(7,8)42-21-37(27)29(40)26(38)25(18-23-15-10-9-11-16-23)35-30(41)36-32(5,6)20-31(2,3)4/h9-17,25-27,38H,18-21H2,1-8H3,(H,34,39)(H2,35,36,41). The van der Waals surface area contributed by atoms with Crippen LogP contribution >= 0.6 is 11.8 Å². The molecule has 4 amide bonds. The lowest BCUT2D eigenvalue weighted by atomic mass is 9.82. The molecule has 0 aliphatic carbocycles. The molecule has 0 spiro atoms. The number of amides is 4. The SMILES string of the molecule is Cc1ccccc1CNC(=O)C1N(C(=O)C(O)C(Cc2ccccc2)NC(=O)NC(C)(C)CC(C)(C)C)CSC1(C)C. The third-order valence-electron chi connectivity index (χ3n) is 7.46. The zero-order valence-corrected chi connectivity index (χ0v) is 27.1. The summed E-state index contributed by atoms with van der Waals surface area (Å²) >= 11 is 1.49. The van der Waals surface area contributed by atoms with Crippen molar-refractivity contribution < 1.29 is 19.5 Å². The van der Waals surface area contributed by atoms with E-state index in [1.165, 1.54) is 16.7 Å². The Labute approximate surface area is 255 Å². The summed E-state index contributed by atoms with van der Waals surface area (Å²) in [5.74, 6) is -0.601. The van der Waals surface area contributed by atoms with E-state index in [0.29, 0.717) is 6.54 Å². The van der Waals surface area contributed by atoms with Gasteiger partial charge in [-0.05, 0) is 69.6 Å². The largest absolute Gasteiger partial charge is 0.381 e. The van der Waals surface area contributed by atoms with Crippen molar-refractivity contribution in [3.05, 3.63) is 71.3 Å². The number of hydrogen-bond donors (Lipinski definition) is 4. The Morgan fingerprint density at radius 3 is 2.26 bits per heavy atom. The second-order valence-electron chi connectivity index (χ2n) is 13.7. The van der Waals surface area contributed by atoms with Crippen LogP contribution in [0.1, 0.15) is 71.6 Å². The van der Waals surface area contributed by atoms with Crippen LogP contribution in [0.25, 0.3) is 0 Å². The van der Waals surface area contributed by atoms with Crippen molar-refractivity contribution >= 4 is 29.6 Å². The molecule has 2 aromatic rings. The first-order chi connectivity index (χ1) is 19.5. The number of nitrogens with zero attached hydrogens (tertiary/aromatic N) is 1. The molecule has 3 rings (SSSR count). The van der Waals surface area contributed by atoms with Crippen molar-refractivity contribution in [2.45, 2.75) is 103 Å². The molecular weight excluding hydrogens is 548 g/mol. The summed E-state index contributed by atoms with van der Waals surface area (Å²) < 4.78 is -0.568. The van der Waals surface area contributed by atoms with Gasteiger partial charge in [0.05, 0.1) is 11.9 Å². The van der Waals surface area contributed by atoms with Gasteiger partial charge in [-0.1, -0.05) is 75.4 Å². The van der Waals surface area contributed by atoms with E-state index in [9.17, 15) is 19.5 Å². The van der Waals surface area contributed by atoms with Crippen LogP contribution in [0.4, 0.5) is 4.79 Å². The Balaban J connectivity index is 1.79. The van der Waals surface area contributed by atoms with Gasteiger partial charge in [-0.25, -0.2) is 4.79 Å². The zero-order valence-electron chi connectivity index (χ0n) is 26.3. The third-order valence-corrected chi connectivity index (χ3v) is 8.84. The van der Waals surface area contributed by atoms with Gasteiger partial charge in [0.1, 0.15) is 6.04 Å². The normalized spacial score (nSPS) is 18.2. The van der Waals surface area contributed by atoms with Crippen LogP contribution in [0.3, 0.4) is 0 Å². The van der Waals surface area contributed by atoms with Crippen LogP contribution in [0.2, 0.25) is 0 Å². The number of aliphatic hydroxyl groups is 1. The molecule has 0 aromatic heterocycles. The molecule has 3 atom stereocenters. The lowest BCUT2D eigenvalue weighted by Crippen LogP contribution is -2.60. The van der Waals surface area contributed by atoms with Gasteiger partial charge in [0.15, 0.2) is 6.10 Å². The molecule has 42 heavy (non-hydrogen) atoms. The van der Waals surface area contributed by atoms with Gasteiger partial charge in [0.25, 0.3) is 5.91 Å². The summed E-state index contributed by atoms with van der Waals surface area (Å²) in [7, 11) is 0. The molecule has 1 fully saturated rings. The lowest BCUT2D eigenvalue weighted by Gasteiger charge is -2.35. The predicted octanol–water partition coefficient (Wildman–Crippen LogP) is 4.78. The second-order valence-corrected chi connectivity index (χ2v) is 15.3. The van der Waals surface area contributed by atoms with Crippen molar-refractivity contribution in [2.24, 2.45) is 5.41 Å². The fourth-order valence-corrected chi connectivity index (χ4v) is 6.97. The molecule has 8 nitrogen and oxygen atoms in total. The number of urea groups is 1. The number of carbonyl (C=O) groups is 3. The van der Waals surface area contributed by atoms with Crippen molar-refractivity contribution in [1.29, 1.82) is 0 Å². The van der Waals surface area contributed by atoms with E-state index in [2.05, 4.69) is 36.7 Å². The van der Waals surface area contributed by atoms with Gasteiger partial charge in [-0.3, -0.25) is 9.59 Å². The zero-order chi connectivity index (χ0) is 31.3. The van der Waals surface area contributed by atoms with Crippen LogP contribution in [-0.4, -0.2) is 62.2 Å². The Morgan fingerprint density at radius 2 is 1.64 bits per heavy atom. The Morgan fingerprint density at radius 1 is 1.02 bits per heavy atom. The predicted molar refractivity (Wildman–Crippen MR) is 170 cm³/mol. The van der Waals surface area contributed by atoms with Crippen LogP contribution in [0.15, 0.2) is 54.6 Å². The number of nitrogens with one attached hydrogen (secondary N) is 3. The fourth-order valence-electron chi connectivity index (χ4n) is 5.83. The maximum absolute atomic E-state index is 13.9. The quantitative estimate of drug-likeness (QED) is 0.316. The number of benzene rings is 2. The van der Waals surface area contributed by atoms with Crippen LogP contribution in [0.5, 0.6) is 0 Å². The molecule has 0 radical (unpaired) electrons. The van der Waals surface area contributed by atoms with Crippen molar-refractivity contribution in [3.63, 3.8) is 0 Å². The average molecular weight is 597 g/mol. The highest BCUT2D eigenvalue weighted by Crippen LogP contribution is 2.40. The van der Waals surface area contributed by atoms with Crippen LogP contribution in [-0.2, 0) is 22.6 Å². The molecule has 0 saturated carbocycles. The van der Waals surface area contributed by atoms with E-state index >= 15 is 0 Å². The third kappa shape index (κ3) is 9.23. The van der Waals surface area contributed by atoms with Crippen LogP contribution < -0.4 is 16.0 Å². The molecule has 4 N–H and O–H groups in total. The van der Waals surface area contributed by atoms with Gasteiger partial charge >= 0.3 is 6.03 Å². The maximum atomic E-state index is 13.9. The van der Waals surface area contributed by atoms with E-state index in [-0.39, 0.29) is 23.6 Å². The molecular formula is C33H48N4O4S. The van der Waals surface area contributed by atoms with E-state index < -0.39 is 40.4 Å². The summed E-state index contributed by atoms with van der Waals surface area (Å²) in [4.78, 5) is 42.0. The van der Waals surface area contributed by atoms with Gasteiger partial charge in [-0.15, -0.1) is 11.8 Å². The van der Waals surface area contributed by atoms with Crippen molar-refractivity contribution in [2.75, 3.05) is 5.88 Å². The first kappa shape index (κ1) is 33.5. The molecule has 1 aliphatic rings. The Kier molecular flexibility index (Phi) is 10.8. The van der Waals surface area contributed by atoms with Gasteiger partial charge in [-0.2, -0.15) is 0 Å². The summed E-state index contributed by atoms with van der Waals surface area (Å²) in [6, 6.07) is 15.1. The minimum Gasteiger partial charge on any atom is -0.381 e. The number of aryl methyl sites for hydroxylation is 1. The topological polar surface area (TPSA) is 111 Å². The Hall–Kier alpha value is -3.04. The molecule has 1 aliphatic heterocycles. The monoisotopic (exact) mass is 596 g/mol. The number of carbonyl (C=O) groups excluding carboxylic acids is 3. The van der Waals surface area contributed by atoms with Gasteiger partial charge in [0.2, 0.25) is 5.91 Å². The molecule has 1 saturated heterocycles. The number of hydrogen-bond acceptors (Lipinski definition) is 5. The number of thioether (sulfide) groups is 1. The van der Waals surface area contributed by atoms with E-state index in [1.807, 2.05) is 89.2 Å². The highest BCUT2D eigenvalue weighted by molar-refractivity contribution is 8.00. The first-order valence-corrected chi connectivity index (χ1v) is 15.5. The van der Waals surface area contributed by atoms with E-state index in [4.69, 9.17) is 0 Å². The van der Waals surface area contributed by atoms with Crippen molar-refractivity contribution in [3.8, 4) is 0 Å². The molecule has 0 bridgehead atoms. The molecule has 1 heterocycles. The lowest BCUT2D eigenvalue weighted by molar-refractivity contribution is -0.147. The Bertz CT molecular complexity index is 1240. The number of aliphatic hydroxyl groups excluding tert-OH is 1. The highest BCUT2D eigenvalue weighted by Gasteiger charge is 2.49. The molecule has 230 valence electrons. The van der Waals surface area contributed by atoms with Gasteiger partial charge < -0.3 is 26.0 Å². The minimum atomic E-state index is -1.55. The summed E-state index contributed by atoms with van der Waals surface area (Å²) in [6.45, 7) is 16.4. The average Bonchev–Trinajstić information content (AvgIpc) is 3.20. The number of rotatable bonds is 10. The molecule has 3 unspecified atom stereocenters.